The van der Waals surface area contributed by atoms with Crippen molar-refractivity contribution >= 4 is 23.3 Å². The van der Waals surface area contributed by atoms with Gasteiger partial charge in [0.05, 0.1) is 17.1 Å². The molecule has 0 aliphatic heterocycles. The van der Waals surface area contributed by atoms with Gasteiger partial charge in [-0.05, 0) is 13.3 Å². The Morgan fingerprint density at radius 1 is 1.33 bits per heavy atom. The number of aryl methyl sites for hydroxylation is 4. The number of aromatic nitrogens is 4. The van der Waals surface area contributed by atoms with Gasteiger partial charge in [-0.15, -0.1) is 0 Å². The number of nitrogens with zero attached hydrogens (tertiary/aromatic N) is 4. The first-order valence-corrected chi connectivity index (χ1v) is 6.91. The molecule has 8 heteroatoms. The second-order valence-corrected chi connectivity index (χ2v) is 5.10. The molecule has 0 atom stereocenters. The predicted molar refractivity (Wildman–Crippen MR) is 79.1 cm³/mol. The predicted octanol–water partition coefficient (Wildman–Crippen LogP) is 1.62. The largest absolute Gasteiger partial charge is 0.456 e. The molecular weight excluding hydrogens is 294 g/mol. The van der Waals surface area contributed by atoms with Crippen molar-refractivity contribution in [3.63, 3.8) is 0 Å². The molecule has 0 aliphatic carbocycles. The minimum atomic E-state index is -0.526. The molecule has 2 aromatic rings. The average Bonchev–Trinajstić information content (AvgIpc) is 2.84. The van der Waals surface area contributed by atoms with Gasteiger partial charge >= 0.3 is 5.97 Å². The summed E-state index contributed by atoms with van der Waals surface area (Å²) in [5.41, 5.74) is 8.63. The molecule has 0 radical (unpaired) electrons. The number of hydrogen-bond acceptors (Lipinski definition) is 5. The van der Waals surface area contributed by atoms with Crippen molar-refractivity contribution in [3.8, 4) is 0 Å². The molecule has 0 aromatic carbocycles. The highest BCUT2D eigenvalue weighted by Crippen LogP contribution is 2.22. The summed E-state index contributed by atoms with van der Waals surface area (Å²) in [5, 5.41) is 8.81. The fourth-order valence-electron chi connectivity index (χ4n) is 2.14. The molecule has 2 heterocycles. The number of ether oxygens (including phenoxy) is 1. The number of hydrogen-bond donors (Lipinski definition) is 1. The fourth-order valence-corrected chi connectivity index (χ4v) is 2.37. The maximum Gasteiger partial charge on any atom is 0.359 e. The van der Waals surface area contributed by atoms with E-state index in [2.05, 4.69) is 10.2 Å². The number of nitrogen functional groups attached to an aromatic ring is 1. The first-order chi connectivity index (χ1) is 9.86. The van der Waals surface area contributed by atoms with E-state index in [9.17, 15) is 4.79 Å². The molecule has 2 rings (SSSR count). The minimum Gasteiger partial charge on any atom is -0.456 e. The number of nitrogens with two attached hydrogens (primary N) is 1. The topological polar surface area (TPSA) is 88.0 Å². The minimum absolute atomic E-state index is 0.0451. The number of rotatable bonds is 4. The van der Waals surface area contributed by atoms with E-state index < -0.39 is 5.97 Å². The quantitative estimate of drug-likeness (QED) is 0.867. The maximum absolute atomic E-state index is 12.2. The summed E-state index contributed by atoms with van der Waals surface area (Å²) in [6, 6.07) is 0. The Morgan fingerprint density at radius 3 is 2.48 bits per heavy atom. The SMILES string of the molecule is CCc1nn(C)c(C(=O)OCc2c(C)nn(C)c2Cl)c1N. The molecule has 0 bridgehead atoms. The second kappa shape index (κ2) is 5.77. The van der Waals surface area contributed by atoms with Crippen molar-refractivity contribution in [3.05, 3.63) is 27.8 Å². The van der Waals surface area contributed by atoms with Crippen LogP contribution in [0.1, 0.15) is 34.4 Å². The number of anilines is 1. The van der Waals surface area contributed by atoms with E-state index in [0.717, 1.165) is 5.69 Å². The number of esters is 1. The Morgan fingerprint density at radius 2 is 2.00 bits per heavy atom. The standard InChI is InChI=1S/C13H18ClN5O2/c1-5-9-10(15)11(18(3)17-9)13(20)21-6-8-7(2)16-19(4)12(8)14/h5-6,15H2,1-4H3. The lowest BCUT2D eigenvalue weighted by molar-refractivity contribution is 0.0460. The lowest BCUT2D eigenvalue weighted by Crippen LogP contribution is -2.13. The van der Waals surface area contributed by atoms with Gasteiger partial charge in [-0.25, -0.2) is 4.79 Å². The zero-order valence-electron chi connectivity index (χ0n) is 12.5. The van der Waals surface area contributed by atoms with Gasteiger partial charge in [0, 0.05) is 19.7 Å². The van der Waals surface area contributed by atoms with Crippen LogP contribution in [0.5, 0.6) is 0 Å². The van der Waals surface area contributed by atoms with Crippen LogP contribution in [0.3, 0.4) is 0 Å². The van der Waals surface area contributed by atoms with Crippen LogP contribution in [0.4, 0.5) is 5.69 Å². The number of halogens is 1. The zero-order chi connectivity index (χ0) is 15.7. The summed E-state index contributed by atoms with van der Waals surface area (Å²) in [6.07, 6.45) is 0.653. The third kappa shape index (κ3) is 2.73. The van der Waals surface area contributed by atoms with E-state index in [1.54, 1.807) is 14.1 Å². The third-order valence-corrected chi connectivity index (χ3v) is 3.78. The molecule has 2 N–H and O–H groups in total. The van der Waals surface area contributed by atoms with Crippen LogP contribution in [0.25, 0.3) is 0 Å². The molecule has 0 spiro atoms. The van der Waals surface area contributed by atoms with Crippen molar-refractivity contribution in [1.29, 1.82) is 0 Å². The molecule has 2 aromatic heterocycles. The van der Waals surface area contributed by atoms with Crippen LogP contribution < -0.4 is 5.73 Å². The van der Waals surface area contributed by atoms with Crippen LogP contribution in [0.15, 0.2) is 0 Å². The maximum atomic E-state index is 12.2. The van der Waals surface area contributed by atoms with Crippen LogP contribution >= 0.6 is 11.6 Å². The van der Waals surface area contributed by atoms with Gasteiger partial charge in [0.25, 0.3) is 0 Å². The van der Waals surface area contributed by atoms with Crippen LogP contribution in [0, 0.1) is 6.92 Å². The van der Waals surface area contributed by atoms with E-state index in [4.69, 9.17) is 22.1 Å². The summed E-state index contributed by atoms with van der Waals surface area (Å²) < 4.78 is 8.27. The van der Waals surface area contributed by atoms with Gasteiger partial charge in [0.15, 0.2) is 5.69 Å². The highest BCUT2D eigenvalue weighted by molar-refractivity contribution is 6.30. The summed E-state index contributed by atoms with van der Waals surface area (Å²) in [6.45, 7) is 3.78. The smallest absolute Gasteiger partial charge is 0.359 e. The first kappa shape index (κ1) is 15.4. The van der Waals surface area contributed by atoms with E-state index in [-0.39, 0.29) is 12.3 Å². The van der Waals surface area contributed by atoms with Crippen molar-refractivity contribution < 1.29 is 9.53 Å². The lowest BCUT2D eigenvalue weighted by Gasteiger charge is -2.06. The fraction of sp³-hybridized carbons (Fsp3) is 0.462. The third-order valence-electron chi connectivity index (χ3n) is 3.31. The Balaban J connectivity index is 2.18. The molecule has 0 amide bonds. The summed E-state index contributed by atoms with van der Waals surface area (Å²) >= 11 is 6.10. The van der Waals surface area contributed by atoms with Gasteiger partial charge in [-0.3, -0.25) is 9.36 Å². The van der Waals surface area contributed by atoms with Gasteiger partial charge in [-0.2, -0.15) is 10.2 Å². The Kier molecular flexibility index (Phi) is 4.22. The Bertz CT molecular complexity index is 689. The molecule has 114 valence electrons. The first-order valence-electron chi connectivity index (χ1n) is 6.53. The van der Waals surface area contributed by atoms with Crippen LogP contribution in [-0.4, -0.2) is 25.5 Å². The molecule has 0 saturated heterocycles. The number of carbonyl (C=O) groups is 1. The van der Waals surface area contributed by atoms with Crippen molar-refractivity contribution in [1.82, 2.24) is 19.6 Å². The highest BCUT2D eigenvalue weighted by Gasteiger charge is 2.21. The van der Waals surface area contributed by atoms with Crippen LogP contribution in [0.2, 0.25) is 5.15 Å². The summed E-state index contributed by atoms with van der Waals surface area (Å²) in [5.74, 6) is -0.526. The lowest BCUT2D eigenvalue weighted by atomic mass is 10.2. The zero-order valence-corrected chi connectivity index (χ0v) is 13.2. The molecule has 21 heavy (non-hydrogen) atoms. The van der Waals surface area contributed by atoms with E-state index in [0.29, 0.717) is 28.5 Å². The van der Waals surface area contributed by atoms with Gasteiger partial charge in [0.2, 0.25) is 0 Å². The summed E-state index contributed by atoms with van der Waals surface area (Å²) in [7, 11) is 3.39. The van der Waals surface area contributed by atoms with Crippen molar-refractivity contribution in [2.75, 3.05) is 5.73 Å². The Hall–Kier alpha value is -2.02. The van der Waals surface area contributed by atoms with Gasteiger partial charge in [-0.1, -0.05) is 18.5 Å². The van der Waals surface area contributed by atoms with E-state index in [1.165, 1.54) is 9.36 Å². The average molecular weight is 312 g/mol. The molecule has 0 unspecified atom stereocenters. The second-order valence-electron chi connectivity index (χ2n) is 4.74. The Labute approximate surface area is 127 Å². The molecule has 0 saturated carbocycles. The van der Waals surface area contributed by atoms with E-state index >= 15 is 0 Å². The van der Waals surface area contributed by atoms with Gasteiger partial charge in [0.1, 0.15) is 11.8 Å². The molecule has 0 fully saturated rings. The summed E-state index contributed by atoms with van der Waals surface area (Å²) in [4.78, 5) is 12.2. The van der Waals surface area contributed by atoms with Gasteiger partial charge < -0.3 is 10.5 Å². The van der Waals surface area contributed by atoms with Crippen molar-refractivity contribution in [2.45, 2.75) is 26.9 Å². The normalized spacial score (nSPS) is 10.9. The van der Waals surface area contributed by atoms with E-state index in [1.807, 2.05) is 13.8 Å². The van der Waals surface area contributed by atoms with Crippen LogP contribution in [-0.2, 0) is 31.9 Å². The molecule has 7 nitrogen and oxygen atoms in total. The monoisotopic (exact) mass is 311 g/mol. The molecular formula is C13H18ClN5O2. The number of carbonyl (C=O) groups excluding carboxylic acids is 1. The highest BCUT2D eigenvalue weighted by atomic mass is 35.5. The van der Waals surface area contributed by atoms with Crippen molar-refractivity contribution in [2.24, 2.45) is 14.1 Å². The molecule has 0 aliphatic rings.